The smallest absolute Gasteiger partial charge is 0.177 e. The fourth-order valence-electron chi connectivity index (χ4n) is 7.14. The van der Waals surface area contributed by atoms with E-state index in [2.05, 4.69) is 0 Å². The molecule has 0 atom stereocenters. The summed E-state index contributed by atoms with van der Waals surface area (Å²) in [6.07, 6.45) is 17.2. The van der Waals surface area contributed by atoms with Crippen molar-refractivity contribution in [1.82, 2.24) is 0 Å². The van der Waals surface area contributed by atoms with Gasteiger partial charge in [0.25, 0.3) is 0 Å². The lowest BCUT2D eigenvalue weighted by Crippen LogP contribution is -1.80. The van der Waals surface area contributed by atoms with Crippen LogP contribution in [0.25, 0.3) is 109 Å². The molecule has 8 heteroatoms. The Kier molecular flexibility index (Phi) is 3.94. The first-order valence-electron chi connectivity index (χ1n) is 14.0. The summed E-state index contributed by atoms with van der Waals surface area (Å²) in [5.41, 5.74) is 4.83. The molecule has 44 heavy (non-hydrogen) atoms. The van der Waals surface area contributed by atoms with Gasteiger partial charge in [-0.1, -0.05) is 0 Å². The highest BCUT2D eigenvalue weighted by atomic mass is 16.4. The molecular formula is C36H16O8. The van der Waals surface area contributed by atoms with E-state index in [9.17, 15) is 0 Å². The molecule has 0 aliphatic heterocycles. The van der Waals surface area contributed by atoms with Gasteiger partial charge in [-0.3, -0.25) is 0 Å². The molecule has 8 aromatic heterocycles. The van der Waals surface area contributed by atoms with Gasteiger partial charge in [-0.2, -0.15) is 0 Å². The molecule has 8 heterocycles. The van der Waals surface area contributed by atoms with E-state index in [1.165, 1.54) is 0 Å². The number of hydrogen-bond donors (Lipinski definition) is 0. The van der Waals surface area contributed by atoms with Gasteiger partial charge in [-0.05, 0) is 36.4 Å². The normalized spacial score (nSPS) is 12.5. The zero-order chi connectivity index (χ0) is 28.5. The van der Waals surface area contributed by atoms with E-state index in [0.29, 0.717) is 0 Å². The third kappa shape index (κ3) is 2.56. The van der Waals surface area contributed by atoms with Crippen molar-refractivity contribution in [3.8, 4) is 0 Å². The predicted molar refractivity (Wildman–Crippen MR) is 166 cm³/mol. The molecule has 0 radical (unpaired) electrons. The molecule has 0 aliphatic rings. The lowest BCUT2D eigenvalue weighted by atomic mass is 9.96. The van der Waals surface area contributed by atoms with Crippen molar-refractivity contribution in [2.24, 2.45) is 0 Å². The van der Waals surface area contributed by atoms with Crippen molar-refractivity contribution in [2.75, 3.05) is 0 Å². The average Bonchev–Trinajstić information content (AvgIpc) is 3.88. The number of rotatable bonds is 0. The molecule has 0 spiro atoms. The van der Waals surface area contributed by atoms with Crippen LogP contribution in [0.5, 0.6) is 0 Å². The Bertz CT molecular complexity index is 2450. The van der Waals surface area contributed by atoms with Crippen LogP contribution in [-0.4, -0.2) is 0 Å². The van der Waals surface area contributed by atoms with Crippen LogP contribution < -0.4 is 0 Å². The summed E-state index contributed by atoms with van der Waals surface area (Å²) in [5.74, 6) is 0. The second-order valence-electron chi connectivity index (χ2n) is 10.9. The Labute approximate surface area is 243 Å². The van der Waals surface area contributed by atoms with E-state index in [-0.39, 0.29) is 0 Å². The lowest BCUT2D eigenvalue weighted by molar-refractivity contribution is 0.571. The summed E-state index contributed by atoms with van der Waals surface area (Å²) >= 11 is 0. The summed E-state index contributed by atoms with van der Waals surface area (Å²) in [6, 6.07) is 11.8. The number of hydrogen-bond acceptors (Lipinski definition) is 8. The molecule has 0 saturated heterocycles. The van der Waals surface area contributed by atoms with Crippen LogP contribution >= 0.6 is 0 Å². The topological polar surface area (TPSA) is 105 Å². The first-order valence-corrected chi connectivity index (χ1v) is 14.0. The predicted octanol–water partition coefficient (Wildman–Crippen LogP) is 11.6. The minimum Gasteiger partial charge on any atom is -0.471 e. The Morgan fingerprint density at radius 3 is 1.09 bits per heavy atom. The van der Waals surface area contributed by atoms with E-state index in [1.807, 2.05) is 36.4 Å². The van der Waals surface area contributed by atoms with E-state index in [0.717, 1.165) is 109 Å². The number of benzene rings is 4. The van der Waals surface area contributed by atoms with Gasteiger partial charge in [0.2, 0.25) is 0 Å². The summed E-state index contributed by atoms with van der Waals surface area (Å²) in [5, 5.41) is 14.4. The van der Waals surface area contributed by atoms with Gasteiger partial charge >= 0.3 is 0 Å². The maximum absolute atomic E-state index is 5.78. The summed E-state index contributed by atoms with van der Waals surface area (Å²) in [4.78, 5) is 0. The fraction of sp³-hybridized carbons (Fsp3) is 0. The van der Waals surface area contributed by atoms with Crippen molar-refractivity contribution in [1.29, 1.82) is 0 Å². The Morgan fingerprint density at radius 2 is 0.568 bits per heavy atom. The SMILES string of the molecule is c1cc2c(o1)c1cocc1c1c3ccoc3c3occc3c21.c1cc2c(o1)c1cocc1c1c3occc3c3occc3c21. The van der Waals surface area contributed by atoms with E-state index < -0.39 is 0 Å². The van der Waals surface area contributed by atoms with Gasteiger partial charge in [0, 0.05) is 59.2 Å². The van der Waals surface area contributed by atoms with E-state index in [1.54, 1.807) is 62.6 Å². The maximum Gasteiger partial charge on any atom is 0.177 e. The molecule has 12 aromatic rings. The van der Waals surface area contributed by atoms with Crippen LogP contribution in [0.1, 0.15) is 0 Å². The monoisotopic (exact) mass is 576 g/mol. The van der Waals surface area contributed by atoms with Crippen molar-refractivity contribution < 1.29 is 35.3 Å². The largest absolute Gasteiger partial charge is 0.471 e. The highest BCUT2D eigenvalue weighted by molar-refractivity contribution is 6.38. The Hall–Kier alpha value is -6.28. The first kappa shape index (κ1) is 22.3. The van der Waals surface area contributed by atoms with Gasteiger partial charge < -0.3 is 35.3 Å². The van der Waals surface area contributed by atoms with Crippen LogP contribution in [0, 0.1) is 0 Å². The van der Waals surface area contributed by atoms with Gasteiger partial charge in [0.1, 0.15) is 34.9 Å². The quantitative estimate of drug-likeness (QED) is 0.175. The first-order chi connectivity index (χ1) is 21.9. The highest BCUT2D eigenvalue weighted by Gasteiger charge is 2.22. The average molecular weight is 577 g/mol. The molecule has 0 fully saturated rings. The zero-order valence-corrected chi connectivity index (χ0v) is 22.5. The van der Waals surface area contributed by atoms with Gasteiger partial charge in [-0.15, -0.1) is 0 Å². The Balaban J connectivity index is 0.000000110. The molecule has 0 N–H and O–H groups in total. The Morgan fingerprint density at radius 1 is 0.250 bits per heavy atom. The van der Waals surface area contributed by atoms with Gasteiger partial charge in [0.15, 0.2) is 11.2 Å². The minimum atomic E-state index is 0.762. The molecule has 0 amide bonds. The van der Waals surface area contributed by atoms with E-state index >= 15 is 0 Å². The van der Waals surface area contributed by atoms with Crippen molar-refractivity contribution in [3.05, 3.63) is 99.0 Å². The highest BCUT2D eigenvalue weighted by Crippen LogP contribution is 2.46. The van der Waals surface area contributed by atoms with Crippen molar-refractivity contribution in [2.45, 2.75) is 0 Å². The van der Waals surface area contributed by atoms with Gasteiger partial charge in [0.05, 0.1) is 66.3 Å². The van der Waals surface area contributed by atoms with Crippen LogP contribution in [0.4, 0.5) is 0 Å². The number of furan rings is 8. The third-order valence-corrected chi connectivity index (χ3v) is 8.87. The summed E-state index contributed by atoms with van der Waals surface area (Å²) in [6.45, 7) is 0. The molecular weight excluding hydrogens is 560 g/mol. The maximum atomic E-state index is 5.78. The zero-order valence-electron chi connectivity index (χ0n) is 22.5. The second-order valence-corrected chi connectivity index (χ2v) is 10.9. The third-order valence-electron chi connectivity index (χ3n) is 8.87. The lowest BCUT2D eigenvalue weighted by Gasteiger charge is -2.05. The molecule has 4 aromatic carbocycles. The van der Waals surface area contributed by atoms with Crippen molar-refractivity contribution >= 4 is 109 Å². The van der Waals surface area contributed by atoms with Crippen molar-refractivity contribution in [3.63, 3.8) is 0 Å². The number of fused-ring (bicyclic) bond motifs is 22. The van der Waals surface area contributed by atoms with E-state index in [4.69, 9.17) is 35.3 Å². The molecule has 0 bridgehead atoms. The van der Waals surface area contributed by atoms with Gasteiger partial charge in [-0.25, -0.2) is 0 Å². The molecule has 12 rings (SSSR count). The van der Waals surface area contributed by atoms with Crippen LogP contribution in [0.3, 0.4) is 0 Å². The fourth-order valence-corrected chi connectivity index (χ4v) is 7.14. The molecule has 0 aliphatic carbocycles. The molecule has 0 saturated carbocycles. The summed E-state index contributed by atoms with van der Waals surface area (Å²) in [7, 11) is 0. The summed E-state index contributed by atoms with van der Waals surface area (Å²) < 4.78 is 45.1. The van der Waals surface area contributed by atoms with Crippen LogP contribution in [0.2, 0.25) is 0 Å². The molecule has 8 nitrogen and oxygen atoms in total. The second kappa shape index (κ2) is 7.76. The standard InChI is InChI=1S/2C18H8O4/c1-4-20-16-9(1)14-10-2-5-21-17(10)13-8-19-7-12(13)15(14)18-11(16)3-6-22-18;1-4-20-16-9(1)14-10-2-5-21-17(10)18-11(3-6-22-18)15(14)12-7-19-8-13(12)16/h2*1-8H. The molecule has 208 valence electrons. The minimum absolute atomic E-state index is 0.762. The molecule has 0 unspecified atom stereocenters. The van der Waals surface area contributed by atoms with Crippen LogP contribution in [0.15, 0.2) is 134 Å². The van der Waals surface area contributed by atoms with Crippen LogP contribution in [-0.2, 0) is 0 Å².